The highest BCUT2D eigenvalue weighted by Gasteiger charge is 2.35. The van der Waals surface area contributed by atoms with Crippen molar-refractivity contribution in [2.75, 3.05) is 13.2 Å². The molecule has 0 radical (unpaired) electrons. The van der Waals surface area contributed by atoms with Gasteiger partial charge in [0.2, 0.25) is 5.91 Å². The number of carbonyl (C=O) groups excluding carboxylic acids is 1. The normalized spacial score (nSPS) is 24.3. The maximum atomic E-state index is 12.5. The molecule has 0 spiro atoms. The van der Waals surface area contributed by atoms with Crippen LogP contribution in [-0.4, -0.2) is 30.0 Å². The van der Waals surface area contributed by atoms with Crippen molar-refractivity contribution in [2.45, 2.75) is 39.8 Å². The third-order valence-electron chi connectivity index (χ3n) is 3.51. The number of amides is 1. The van der Waals surface area contributed by atoms with E-state index in [0.717, 1.165) is 5.56 Å². The van der Waals surface area contributed by atoms with E-state index in [-0.39, 0.29) is 23.5 Å². The van der Waals surface area contributed by atoms with Crippen LogP contribution in [0.25, 0.3) is 0 Å². The highest BCUT2D eigenvalue weighted by Crippen LogP contribution is 2.28. The summed E-state index contributed by atoms with van der Waals surface area (Å²) < 4.78 is 5.88. The Morgan fingerprint density at radius 3 is 2.47 bits per heavy atom. The molecule has 104 valence electrons. The van der Waals surface area contributed by atoms with Crippen molar-refractivity contribution in [3.63, 3.8) is 0 Å². The summed E-state index contributed by atoms with van der Waals surface area (Å²) in [6.45, 7) is 9.19. The SMILES string of the molecule is CC1COC(c2ccccc2)CN1C(=O)C(C)(C)C. The van der Waals surface area contributed by atoms with Crippen LogP contribution < -0.4 is 0 Å². The van der Waals surface area contributed by atoms with Gasteiger partial charge in [-0.1, -0.05) is 51.1 Å². The summed E-state index contributed by atoms with van der Waals surface area (Å²) >= 11 is 0. The van der Waals surface area contributed by atoms with Crippen molar-refractivity contribution < 1.29 is 9.53 Å². The third-order valence-corrected chi connectivity index (χ3v) is 3.51. The van der Waals surface area contributed by atoms with Gasteiger partial charge in [0.05, 0.1) is 19.2 Å². The predicted molar refractivity (Wildman–Crippen MR) is 75.8 cm³/mol. The summed E-state index contributed by atoms with van der Waals surface area (Å²) in [5.41, 5.74) is 0.799. The molecule has 0 aliphatic carbocycles. The van der Waals surface area contributed by atoms with Gasteiger partial charge in [-0.25, -0.2) is 0 Å². The average molecular weight is 261 g/mol. The largest absolute Gasteiger partial charge is 0.370 e. The number of rotatable bonds is 1. The van der Waals surface area contributed by atoms with Crippen molar-refractivity contribution in [1.82, 2.24) is 4.90 Å². The maximum absolute atomic E-state index is 12.5. The Kier molecular flexibility index (Phi) is 3.95. The monoisotopic (exact) mass is 261 g/mol. The van der Waals surface area contributed by atoms with Gasteiger partial charge in [-0.2, -0.15) is 0 Å². The van der Waals surface area contributed by atoms with Crippen molar-refractivity contribution in [3.05, 3.63) is 35.9 Å². The van der Waals surface area contributed by atoms with Crippen LogP contribution in [0.3, 0.4) is 0 Å². The first-order chi connectivity index (χ1) is 8.89. The van der Waals surface area contributed by atoms with E-state index >= 15 is 0 Å². The van der Waals surface area contributed by atoms with Crippen molar-refractivity contribution >= 4 is 5.91 Å². The first kappa shape index (κ1) is 14.1. The molecule has 3 nitrogen and oxygen atoms in total. The molecule has 1 saturated heterocycles. The minimum Gasteiger partial charge on any atom is -0.370 e. The molecule has 1 aromatic rings. The van der Waals surface area contributed by atoms with E-state index in [1.165, 1.54) is 0 Å². The van der Waals surface area contributed by atoms with Crippen molar-refractivity contribution in [3.8, 4) is 0 Å². The summed E-state index contributed by atoms with van der Waals surface area (Å²) in [4.78, 5) is 14.4. The van der Waals surface area contributed by atoms with Gasteiger partial charge in [-0.15, -0.1) is 0 Å². The fourth-order valence-corrected chi connectivity index (χ4v) is 2.34. The Balaban J connectivity index is 2.15. The summed E-state index contributed by atoms with van der Waals surface area (Å²) in [5, 5.41) is 0. The molecular formula is C16H23NO2. The van der Waals surface area contributed by atoms with E-state index in [9.17, 15) is 4.79 Å². The zero-order chi connectivity index (χ0) is 14.0. The minimum atomic E-state index is -0.340. The Hall–Kier alpha value is -1.35. The van der Waals surface area contributed by atoms with Gasteiger partial charge in [0.15, 0.2) is 0 Å². The lowest BCUT2D eigenvalue weighted by atomic mass is 9.93. The lowest BCUT2D eigenvalue weighted by Crippen LogP contribution is -2.51. The lowest BCUT2D eigenvalue weighted by molar-refractivity contribution is -0.152. The highest BCUT2D eigenvalue weighted by atomic mass is 16.5. The second kappa shape index (κ2) is 5.33. The Labute approximate surface area is 115 Å². The predicted octanol–water partition coefficient (Wildman–Crippen LogP) is 3.02. The second-order valence-electron chi connectivity index (χ2n) is 6.29. The second-order valence-corrected chi connectivity index (χ2v) is 6.29. The van der Waals surface area contributed by atoms with Crippen LogP contribution in [0.5, 0.6) is 0 Å². The van der Waals surface area contributed by atoms with Crippen molar-refractivity contribution in [2.24, 2.45) is 5.41 Å². The molecule has 3 heteroatoms. The quantitative estimate of drug-likeness (QED) is 0.777. The molecule has 2 atom stereocenters. The number of ether oxygens (including phenoxy) is 1. The molecule has 1 aromatic carbocycles. The molecule has 1 aliphatic rings. The molecule has 2 unspecified atom stereocenters. The van der Waals surface area contributed by atoms with Crippen LogP contribution in [0, 0.1) is 5.41 Å². The number of carbonyl (C=O) groups is 1. The molecule has 0 N–H and O–H groups in total. The number of hydrogen-bond acceptors (Lipinski definition) is 2. The third kappa shape index (κ3) is 3.16. The van der Waals surface area contributed by atoms with Crippen LogP contribution in [0.15, 0.2) is 30.3 Å². The fraction of sp³-hybridized carbons (Fsp3) is 0.562. The first-order valence-electron chi connectivity index (χ1n) is 6.87. The van der Waals surface area contributed by atoms with E-state index in [0.29, 0.717) is 13.2 Å². The molecule has 0 bridgehead atoms. The van der Waals surface area contributed by atoms with Crippen LogP contribution in [-0.2, 0) is 9.53 Å². The van der Waals surface area contributed by atoms with Crippen molar-refractivity contribution in [1.29, 1.82) is 0 Å². The van der Waals surface area contributed by atoms with Gasteiger partial charge in [-0.05, 0) is 12.5 Å². The fourth-order valence-electron chi connectivity index (χ4n) is 2.34. The minimum absolute atomic E-state index is 0.0105. The molecule has 1 aliphatic heterocycles. The summed E-state index contributed by atoms with van der Waals surface area (Å²) in [6, 6.07) is 10.3. The summed E-state index contributed by atoms with van der Waals surface area (Å²) in [5.74, 6) is 0.198. The van der Waals surface area contributed by atoms with Gasteiger partial charge >= 0.3 is 0 Å². The molecule has 0 aromatic heterocycles. The Bertz CT molecular complexity index is 436. The van der Waals surface area contributed by atoms with Gasteiger partial charge in [0.1, 0.15) is 6.10 Å². The van der Waals surface area contributed by atoms with Gasteiger partial charge in [0, 0.05) is 5.41 Å². The molecule has 1 amide bonds. The molecule has 1 heterocycles. The molecular weight excluding hydrogens is 238 g/mol. The van der Waals surface area contributed by atoms with E-state index in [2.05, 4.69) is 12.1 Å². The number of benzene rings is 1. The van der Waals surface area contributed by atoms with Crippen LogP contribution >= 0.6 is 0 Å². The van der Waals surface area contributed by atoms with Crippen LogP contribution in [0.1, 0.15) is 39.4 Å². The van der Waals surface area contributed by atoms with E-state index in [1.54, 1.807) is 0 Å². The maximum Gasteiger partial charge on any atom is 0.228 e. The van der Waals surface area contributed by atoms with Gasteiger partial charge in [-0.3, -0.25) is 4.79 Å². The van der Waals surface area contributed by atoms with Crippen LogP contribution in [0.2, 0.25) is 0 Å². The Morgan fingerprint density at radius 1 is 1.26 bits per heavy atom. The highest BCUT2D eigenvalue weighted by molar-refractivity contribution is 5.82. The van der Waals surface area contributed by atoms with Crippen LogP contribution in [0.4, 0.5) is 0 Å². The standard InChI is InChI=1S/C16H23NO2/c1-12-11-19-14(13-8-6-5-7-9-13)10-17(12)15(18)16(2,3)4/h5-9,12,14H,10-11H2,1-4H3. The molecule has 0 saturated carbocycles. The summed E-state index contributed by atoms with van der Waals surface area (Å²) in [7, 11) is 0. The van der Waals surface area contributed by atoms with E-state index in [1.807, 2.05) is 50.8 Å². The number of morpholine rings is 1. The van der Waals surface area contributed by atoms with Gasteiger partial charge < -0.3 is 9.64 Å². The number of nitrogens with zero attached hydrogens (tertiary/aromatic N) is 1. The molecule has 2 rings (SSSR count). The van der Waals surface area contributed by atoms with E-state index in [4.69, 9.17) is 4.74 Å². The lowest BCUT2D eigenvalue weighted by Gasteiger charge is -2.41. The summed E-state index contributed by atoms with van der Waals surface area (Å²) in [6.07, 6.45) is -0.0105. The smallest absolute Gasteiger partial charge is 0.228 e. The molecule has 19 heavy (non-hydrogen) atoms. The number of hydrogen-bond donors (Lipinski definition) is 0. The Morgan fingerprint density at radius 2 is 1.89 bits per heavy atom. The van der Waals surface area contributed by atoms with Gasteiger partial charge in [0.25, 0.3) is 0 Å². The molecule has 1 fully saturated rings. The topological polar surface area (TPSA) is 29.5 Å². The zero-order valence-electron chi connectivity index (χ0n) is 12.2. The zero-order valence-corrected chi connectivity index (χ0v) is 12.2. The average Bonchev–Trinajstić information content (AvgIpc) is 2.38. The first-order valence-corrected chi connectivity index (χ1v) is 6.87. The van der Waals surface area contributed by atoms with E-state index < -0.39 is 0 Å².